The largest absolute Gasteiger partial charge is 0.493 e. The highest BCUT2D eigenvalue weighted by Crippen LogP contribution is 2.22. The molecule has 1 atom stereocenters. The van der Waals surface area contributed by atoms with Crippen molar-refractivity contribution < 1.29 is 46.7 Å². The van der Waals surface area contributed by atoms with Gasteiger partial charge in [-0.05, 0) is 57.5 Å². The van der Waals surface area contributed by atoms with Gasteiger partial charge in [-0.25, -0.2) is 9.59 Å². The lowest BCUT2D eigenvalue weighted by atomic mass is 10.1. The maximum atomic E-state index is 13.3. The number of benzene rings is 2. The summed E-state index contributed by atoms with van der Waals surface area (Å²) >= 11 is 0. The van der Waals surface area contributed by atoms with Crippen molar-refractivity contribution in [3.63, 3.8) is 0 Å². The Morgan fingerprint density at radius 1 is 1.00 bits per heavy atom. The van der Waals surface area contributed by atoms with Crippen LogP contribution in [0.2, 0.25) is 0 Å². The molecule has 45 heavy (non-hydrogen) atoms. The smallest absolute Gasteiger partial charge is 0.489 e. The average Bonchev–Trinajstić information content (AvgIpc) is 2.97. The van der Waals surface area contributed by atoms with Gasteiger partial charge < -0.3 is 24.1 Å². The van der Waals surface area contributed by atoms with Crippen LogP contribution in [0.15, 0.2) is 54.6 Å². The van der Waals surface area contributed by atoms with E-state index in [0.717, 1.165) is 32.0 Å². The Bertz CT molecular complexity index is 1570. The number of carbonyl (C=O) groups is 4. The van der Waals surface area contributed by atoms with Crippen LogP contribution in [0.3, 0.4) is 0 Å². The van der Waals surface area contributed by atoms with Gasteiger partial charge in [0.1, 0.15) is 24.0 Å². The number of para-hydroxylation sites is 1. The van der Waals surface area contributed by atoms with Gasteiger partial charge in [0.15, 0.2) is 0 Å². The fraction of sp³-hybridized carbons (Fsp3) is 0.387. The van der Waals surface area contributed by atoms with Gasteiger partial charge in [-0.2, -0.15) is 18.7 Å². The number of pyridine rings is 1. The molecular weight excluding hydrogens is 597 g/mol. The molecule has 0 saturated carbocycles. The van der Waals surface area contributed by atoms with Crippen molar-refractivity contribution in [2.45, 2.75) is 58.5 Å². The number of rotatable bonds is 6. The predicted molar refractivity (Wildman–Crippen MR) is 155 cm³/mol. The van der Waals surface area contributed by atoms with Crippen LogP contribution in [-0.2, 0) is 37.0 Å². The SMILES string of the molecule is Cc1cc(COc2ccc(CC(=O)N3CCN(C(=O)OC(C)(C)C)CC3C(=O)NOC(=O)C(F)(F)F)cc2)c2ccccc2n1. The molecule has 3 aromatic rings. The molecule has 1 N–H and O–H groups in total. The highest BCUT2D eigenvalue weighted by atomic mass is 19.4. The zero-order valence-corrected chi connectivity index (χ0v) is 25.1. The van der Waals surface area contributed by atoms with E-state index < -0.39 is 48.2 Å². The number of carbonyl (C=O) groups excluding carboxylic acids is 4. The first-order valence-electron chi connectivity index (χ1n) is 14.0. The van der Waals surface area contributed by atoms with E-state index in [2.05, 4.69) is 9.82 Å². The van der Waals surface area contributed by atoms with Crippen LogP contribution >= 0.6 is 0 Å². The van der Waals surface area contributed by atoms with Gasteiger partial charge >= 0.3 is 18.2 Å². The third-order valence-corrected chi connectivity index (χ3v) is 6.73. The van der Waals surface area contributed by atoms with Gasteiger partial charge in [-0.3, -0.25) is 14.6 Å². The van der Waals surface area contributed by atoms with Gasteiger partial charge in [-0.15, -0.1) is 0 Å². The molecule has 0 bridgehead atoms. The summed E-state index contributed by atoms with van der Waals surface area (Å²) in [7, 11) is 0. The van der Waals surface area contributed by atoms with E-state index in [0.29, 0.717) is 17.9 Å². The lowest BCUT2D eigenvalue weighted by Crippen LogP contribution is -2.62. The van der Waals surface area contributed by atoms with Gasteiger partial charge in [0.2, 0.25) is 5.91 Å². The van der Waals surface area contributed by atoms with Crippen molar-refractivity contribution in [3.8, 4) is 5.75 Å². The van der Waals surface area contributed by atoms with E-state index in [1.165, 1.54) is 5.48 Å². The maximum absolute atomic E-state index is 13.3. The first-order valence-corrected chi connectivity index (χ1v) is 14.0. The fourth-order valence-corrected chi connectivity index (χ4v) is 4.68. The first-order chi connectivity index (χ1) is 21.1. The summed E-state index contributed by atoms with van der Waals surface area (Å²) in [5, 5.41) is 0.976. The molecule has 1 fully saturated rings. The number of amides is 3. The minimum absolute atomic E-state index is 0.00269. The Labute approximate surface area is 257 Å². The summed E-state index contributed by atoms with van der Waals surface area (Å²) in [6.45, 7) is 6.61. The maximum Gasteiger partial charge on any atom is 0.493 e. The summed E-state index contributed by atoms with van der Waals surface area (Å²) in [6, 6.07) is 15.0. The molecule has 1 saturated heterocycles. The molecule has 1 unspecified atom stereocenters. The molecular formula is C31H33F3N4O7. The van der Waals surface area contributed by atoms with Gasteiger partial charge in [0.05, 0.1) is 18.5 Å². The number of aryl methyl sites for hydroxylation is 1. The number of ether oxygens (including phenoxy) is 2. The Hall–Kier alpha value is -4.88. The minimum atomic E-state index is -5.35. The number of fused-ring (bicyclic) bond motifs is 1. The highest BCUT2D eigenvalue weighted by Gasteiger charge is 2.43. The Morgan fingerprint density at radius 2 is 1.69 bits per heavy atom. The van der Waals surface area contributed by atoms with Crippen molar-refractivity contribution in [1.29, 1.82) is 0 Å². The summed E-state index contributed by atoms with van der Waals surface area (Å²) in [6.07, 6.45) is -6.28. The standard InChI is InChI=1S/C31H33F3N4O7/c1-19-15-21(23-7-5-6-8-24(23)35-19)18-43-22-11-9-20(10-12-22)16-26(39)38-14-13-37(29(42)44-30(2,3)4)17-25(38)27(40)36-45-28(41)31(32,33)34/h5-12,15,25H,13-14,16-18H2,1-4H3,(H,36,40). The summed E-state index contributed by atoms with van der Waals surface area (Å²) in [4.78, 5) is 60.6. The van der Waals surface area contributed by atoms with Crippen LogP contribution in [0.1, 0.15) is 37.6 Å². The third kappa shape index (κ3) is 8.83. The van der Waals surface area contributed by atoms with Crippen LogP contribution < -0.4 is 10.2 Å². The fourth-order valence-electron chi connectivity index (χ4n) is 4.68. The molecule has 11 nitrogen and oxygen atoms in total. The summed E-state index contributed by atoms with van der Waals surface area (Å²) < 4.78 is 49.1. The molecule has 2 heterocycles. The number of halogens is 3. The number of hydroxylamine groups is 1. The van der Waals surface area contributed by atoms with E-state index in [4.69, 9.17) is 9.47 Å². The van der Waals surface area contributed by atoms with E-state index in [1.54, 1.807) is 45.0 Å². The first kappa shape index (κ1) is 33.0. The Balaban J connectivity index is 1.42. The topological polar surface area (TPSA) is 127 Å². The molecule has 14 heteroatoms. The van der Waals surface area contributed by atoms with Gasteiger partial charge in [-0.1, -0.05) is 30.3 Å². The van der Waals surface area contributed by atoms with Crippen LogP contribution in [0.4, 0.5) is 18.0 Å². The number of piperazine rings is 1. The number of nitrogens with one attached hydrogen (secondary N) is 1. The molecule has 240 valence electrons. The van der Waals surface area contributed by atoms with E-state index in [1.807, 2.05) is 37.3 Å². The molecule has 2 aromatic carbocycles. The third-order valence-electron chi connectivity index (χ3n) is 6.73. The van der Waals surface area contributed by atoms with Crippen molar-refractivity contribution in [2.24, 2.45) is 0 Å². The lowest BCUT2D eigenvalue weighted by molar-refractivity contribution is -0.208. The summed E-state index contributed by atoms with van der Waals surface area (Å²) in [5.41, 5.74) is 3.87. The second kappa shape index (κ2) is 13.4. The second-order valence-corrected chi connectivity index (χ2v) is 11.4. The van der Waals surface area contributed by atoms with E-state index in [9.17, 15) is 32.3 Å². The molecule has 0 spiro atoms. The van der Waals surface area contributed by atoms with Crippen LogP contribution in [-0.4, -0.2) is 76.1 Å². The normalized spacial score (nSPS) is 15.4. The highest BCUT2D eigenvalue weighted by molar-refractivity contribution is 5.90. The molecule has 0 radical (unpaired) electrons. The van der Waals surface area contributed by atoms with Crippen molar-refractivity contribution in [2.75, 3.05) is 19.6 Å². The van der Waals surface area contributed by atoms with E-state index in [-0.39, 0.29) is 19.5 Å². The molecule has 1 aliphatic rings. The van der Waals surface area contributed by atoms with Crippen molar-refractivity contribution >= 4 is 34.8 Å². The summed E-state index contributed by atoms with van der Waals surface area (Å²) in [5.74, 6) is -3.83. The molecule has 0 aliphatic carbocycles. The predicted octanol–water partition coefficient (Wildman–Crippen LogP) is 4.25. The molecule has 3 amide bonds. The Kier molecular flexibility index (Phi) is 9.84. The molecule has 1 aromatic heterocycles. The quantitative estimate of drug-likeness (QED) is 0.401. The van der Waals surface area contributed by atoms with Crippen LogP contribution in [0, 0.1) is 6.92 Å². The lowest BCUT2D eigenvalue weighted by Gasteiger charge is -2.40. The van der Waals surface area contributed by atoms with Gasteiger partial charge in [0, 0.05) is 29.7 Å². The number of nitrogens with zero attached hydrogens (tertiary/aromatic N) is 3. The minimum Gasteiger partial charge on any atom is -0.489 e. The van der Waals surface area contributed by atoms with Gasteiger partial charge in [0.25, 0.3) is 5.91 Å². The molecule has 4 rings (SSSR count). The van der Waals surface area contributed by atoms with Crippen LogP contribution in [0.5, 0.6) is 5.75 Å². The zero-order valence-electron chi connectivity index (χ0n) is 25.1. The monoisotopic (exact) mass is 630 g/mol. The van der Waals surface area contributed by atoms with Crippen molar-refractivity contribution in [3.05, 3.63) is 71.4 Å². The number of hydrogen-bond donors (Lipinski definition) is 1. The average molecular weight is 631 g/mol. The van der Waals surface area contributed by atoms with E-state index >= 15 is 0 Å². The Morgan fingerprint density at radius 3 is 2.36 bits per heavy atom. The zero-order chi connectivity index (χ0) is 32.9. The number of aromatic nitrogens is 1. The van der Waals surface area contributed by atoms with Crippen LogP contribution in [0.25, 0.3) is 10.9 Å². The second-order valence-electron chi connectivity index (χ2n) is 11.4. The molecule has 1 aliphatic heterocycles. The van der Waals surface area contributed by atoms with Crippen molar-refractivity contribution in [1.82, 2.24) is 20.3 Å². The number of alkyl halides is 3. The number of hydrogen-bond acceptors (Lipinski definition) is 8.